The fourth-order valence-electron chi connectivity index (χ4n) is 4.35. The normalized spacial score (nSPS) is 14.4. The molecule has 0 spiro atoms. The Hall–Kier alpha value is -3.39. The zero-order valence-electron chi connectivity index (χ0n) is 20.7. The third-order valence-corrected chi connectivity index (χ3v) is 6.05. The number of alkyl carbamates (subject to hydrolysis) is 1. The molecule has 2 atom stereocenters. The zero-order valence-corrected chi connectivity index (χ0v) is 20.7. The molecule has 0 saturated carbocycles. The molecule has 1 aliphatic carbocycles. The molecule has 8 heteroatoms. The number of carboxylic acid groups (broad SMARTS) is 1. The van der Waals surface area contributed by atoms with Crippen molar-refractivity contribution in [2.45, 2.75) is 52.2 Å². The number of ether oxygens (including phenoxy) is 2. The van der Waals surface area contributed by atoms with E-state index in [1.165, 1.54) is 0 Å². The molecule has 0 heterocycles. The van der Waals surface area contributed by atoms with Crippen LogP contribution in [0.2, 0.25) is 0 Å². The van der Waals surface area contributed by atoms with Crippen molar-refractivity contribution in [2.75, 3.05) is 19.8 Å². The van der Waals surface area contributed by atoms with E-state index < -0.39 is 35.5 Å². The summed E-state index contributed by atoms with van der Waals surface area (Å²) in [6.07, 6.45) is -1.30. The van der Waals surface area contributed by atoms with Gasteiger partial charge in [-0.1, -0.05) is 69.3 Å². The van der Waals surface area contributed by atoms with Crippen LogP contribution in [0.5, 0.6) is 0 Å². The number of aliphatic carboxylic acids is 1. The van der Waals surface area contributed by atoms with Gasteiger partial charge in [0.25, 0.3) is 0 Å². The Morgan fingerprint density at radius 1 is 1.00 bits per heavy atom. The second-order valence-electron chi connectivity index (χ2n) is 9.69. The molecule has 8 nitrogen and oxygen atoms in total. The standard InChI is InChI=1S/C27H34N2O6/c1-5-34-17(14-23(30)29-24(25(31)32)27(2,3)4)15-28-26(33)35-16-22-20-12-8-6-10-18(20)19-11-7-9-13-21(19)22/h6-13,17,22,24H,5,14-16H2,1-4H3,(H,28,33)(H,29,30)(H,31,32)/t17?,24-/m1/s1. The van der Waals surface area contributed by atoms with Crippen molar-refractivity contribution in [3.8, 4) is 11.1 Å². The van der Waals surface area contributed by atoms with Gasteiger partial charge in [-0.25, -0.2) is 9.59 Å². The highest BCUT2D eigenvalue weighted by molar-refractivity contribution is 5.84. The molecule has 0 radical (unpaired) electrons. The predicted molar refractivity (Wildman–Crippen MR) is 132 cm³/mol. The van der Waals surface area contributed by atoms with E-state index in [0.29, 0.717) is 6.61 Å². The second-order valence-corrected chi connectivity index (χ2v) is 9.69. The van der Waals surface area contributed by atoms with Crippen LogP contribution in [0.3, 0.4) is 0 Å². The van der Waals surface area contributed by atoms with Gasteiger partial charge in [-0.15, -0.1) is 0 Å². The number of carboxylic acids is 1. The van der Waals surface area contributed by atoms with Crippen LogP contribution in [0, 0.1) is 5.41 Å². The monoisotopic (exact) mass is 482 g/mol. The van der Waals surface area contributed by atoms with Gasteiger partial charge in [-0.2, -0.15) is 0 Å². The molecule has 0 fully saturated rings. The van der Waals surface area contributed by atoms with Gasteiger partial charge >= 0.3 is 12.1 Å². The number of fused-ring (bicyclic) bond motifs is 3. The summed E-state index contributed by atoms with van der Waals surface area (Å²) in [6, 6.07) is 15.1. The Labute approximate surface area is 206 Å². The summed E-state index contributed by atoms with van der Waals surface area (Å²) in [5.74, 6) is -1.61. The molecular formula is C27H34N2O6. The van der Waals surface area contributed by atoms with Crippen molar-refractivity contribution in [3.63, 3.8) is 0 Å². The van der Waals surface area contributed by atoms with Gasteiger partial charge in [0.2, 0.25) is 5.91 Å². The number of hydrogen-bond donors (Lipinski definition) is 3. The molecule has 2 aromatic rings. The number of amides is 2. The van der Waals surface area contributed by atoms with Gasteiger partial charge in [-0.3, -0.25) is 4.79 Å². The lowest BCUT2D eigenvalue weighted by molar-refractivity contribution is -0.145. The average molecular weight is 483 g/mol. The maximum Gasteiger partial charge on any atom is 0.407 e. The van der Waals surface area contributed by atoms with Crippen LogP contribution in [-0.4, -0.2) is 55.0 Å². The minimum absolute atomic E-state index is 0.0491. The minimum atomic E-state index is -1.10. The van der Waals surface area contributed by atoms with E-state index in [1.807, 2.05) is 36.4 Å². The quantitative estimate of drug-likeness (QED) is 0.473. The number of nitrogens with one attached hydrogen (secondary N) is 2. The van der Waals surface area contributed by atoms with Gasteiger partial charge in [0.1, 0.15) is 12.6 Å². The van der Waals surface area contributed by atoms with E-state index in [2.05, 4.69) is 22.8 Å². The first kappa shape index (κ1) is 26.2. The van der Waals surface area contributed by atoms with Crippen LogP contribution in [0.15, 0.2) is 48.5 Å². The average Bonchev–Trinajstić information content (AvgIpc) is 3.12. The molecular weight excluding hydrogens is 448 g/mol. The number of benzene rings is 2. The highest BCUT2D eigenvalue weighted by Crippen LogP contribution is 2.44. The largest absolute Gasteiger partial charge is 0.480 e. The lowest BCUT2D eigenvalue weighted by atomic mass is 9.86. The summed E-state index contributed by atoms with van der Waals surface area (Å²) in [5, 5.41) is 14.6. The molecule has 3 N–H and O–H groups in total. The molecule has 1 aliphatic rings. The van der Waals surface area contributed by atoms with Crippen molar-refractivity contribution in [3.05, 3.63) is 59.7 Å². The zero-order chi connectivity index (χ0) is 25.6. The first-order chi connectivity index (χ1) is 16.6. The smallest absolute Gasteiger partial charge is 0.407 e. The van der Waals surface area contributed by atoms with Crippen molar-refractivity contribution < 1.29 is 29.0 Å². The lowest BCUT2D eigenvalue weighted by Crippen LogP contribution is -2.50. The Bertz CT molecular complexity index is 1020. The van der Waals surface area contributed by atoms with Crippen molar-refractivity contribution in [1.82, 2.24) is 10.6 Å². The first-order valence-electron chi connectivity index (χ1n) is 11.8. The lowest BCUT2D eigenvalue weighted by Gasteiger charge is -2.28. The molecule has 2 aromatic carbocycles. The fraction of sp³-hybridized carbons (Fsp3) is 0.444. The van der Waals surface area contributed by atoms with Crippen molar-refractivity contribution in [2.24, 2.45) is 5.41 Å². The molecule has 0 aliphatic heterocycles. The van der Waals surface area contributed by atoms with Gasteiger partial charge in [0, 0.05) is 19.1 Å². The molecule has 3 rings (SSSR count). The topological polar surface area (TPSA) is 114 Å². The summed E-state index contributed by atoms with van der Waals surface area (Å²) in [4.78, 5) is 36.4. The summed E-state index contributed by atoms with van der Waals surface area (Å²) < 4.78 is 11.1. The van der Waals surface area contributed by atoms with E-state index in [1.54, 1.807) is 27.7 Å². The van der Waals surface area contributed by atoms with Crippen molar-refractivity contribution >= 4 is 18.0 Å². The minimum Gasteiger partial charge on any atom is -0.480 e. The Balaban J connectivity index is 1.54. The van der Waals surface area contributed by atoms with E-state index in [0.717, 1.165) is 22.3 Å². The molecule has 188 valence electrons. The van der Waals surface area contributed by atoms with E-state index in [9.17, 15) is 19.5 Å². The number of hydrogen-bond acceptors (Lipinski definition) is 5. The van der Waals surface area contributed by atoms with Crippen LogP contribution < -0.4 is 10.6 Å². The van der Waals surface area contributed by atoms with E-state index in [4.69, 9.17) is 9.47 Å². The van der Waals surface area contributed by atoms with Gasteiger partial charge in [0.15, 0.2) is 0 Å². The Morgan fingerprint density at radius 2 is 1.57 bits per heavy atom. The summed E-state index contributed by atoms with van der Waals surface area (Å²) >= 11 is 0. The van der Waals surface area contributed by atoms with E-state index in [-0.39, 0.29) is 25.5 Å². The van der Waals surface area contributed by atoms with Crippen LogP contribution in [0.4, 0.5) is 4.79 Å². The summed E-state index contributed by atoms with van der Waals surface area (Å²) in [6.45, 7) is 7.59. The van der Waals surface area contributed by atoms with Gasteiger partial charge in [0.05, 0.1) is 12.5 Å². The third kappa shape index (κ3) is 6.60. The maximum atomic E-state index is 12.5. The third-order valence-electron chi connectivity index (χ3n) is 6.05. The highest BCUT2D eigenvalue weighted by atomic mass is 16.5. The fourth-order valence-corrected chi connectivity index (χ4v) is 4.35. The van der Waals surface area contributed by atoms with Crippen LogP contribution in [0.1, 0.15) is 51.2 Å². The number of carbonyl (C=O) groups excluding carboxylic acids is 2. The summed E-state index contributed by atoms with van der Waals surface area (Å²) in [7, 11) is 0. The Kier molecular flexibility index (Phi) is 8.51. The SMILES string of the molecule is CCOC(CNC(=O)OCC1c2ccccc2-c2ccccc21)CC(=O)N[C@H](C(=O)O)C(C)(C)C. The van der Waals surface area contributed by atoms with Crippen molar-refractivity contribution in [1.29, 1.82) is 0 Å². The Morgan fingerprint density at radius 3 is 2.09 bits per heavy atom. The highest BCUT2D eigenvalue weighted by Gasteiger charge is 2.33. The number of carbonyl (C=O) groups is 3. The maximum absolute atomic E-state index is 12.5. The van der Waals surface area contributed by atoms with Crippen LogP contribution in [0.25, 0.3) is 11.1 Å². The van der Waals surface area contributed by atoms with Crippen LogP contribution >= 0.6 is 0 Å². The van der Waals surface area contributed by atoms with Gasteiger partial charge < -0.3 is 25.2 Å². The molecule has 0 saturated heterocycles. The molecule has 0 aromatic heterocycles. The van der Waals surface area contributed by atoms with Gasteiger partial charge in [-0.05, 0) is 34.6 Å². The number of rotatable bonds is 10. The molecule has 35 heavy (non-hydrogen) atoms. The first-order valence-corrected chi connectivity index (χ1v) is 11.8. The molecule has 0 bridgehead atoms. The second kappa shape index (κ2) is 11.4. The summed E-state index contributed by atoms with van der Waals surface area (Å²) in [5.41, 5.74) is 3.89. The van der Waals surface area contributed by atoms with E-state index >= 15 is 0 Å². The predicted octanol–water partition coefficient (Wildman–Crippen LogP) is 3.94. The molecule has 2 amide bonds. The molecule has 1 unspecified atom stereocenters. The van der Waals surface area contributed by atoms with Crippen LogP contribution in [-0.2, 0) is 19.1 Å².